The molecule has 0 heteroatoms. The second kappa shape index (κ2) is 9.03. The van der Waals surface area contributed by atoms with Gasteiger partial charge in [0.05, 0.1) is 0 Å². The van der Waals surface area contributed by atoms with Crippen LogP contribution in [0.5, 0.6) is 0 Å². The Morgan fingerprint density at radius 1 is 0.238 bits per heavy atom. The van der Waals surface area contributed by atoms with Gasteiger partial charge in [-0.05, 0) is 93.0 Å². The maximum absolute atomic E-state index is 2.40. The number of hydrogen-bond acceptors (Lipinski definition) is 0. The van der Waals surface area contributed by atoms with Gasteiger partial charge < -0.3 is 0 Å². The molecule has 0 unspecified atom stereocenters. The van der Waals surface area contributed by atoms with Crippen LogP contribution in [0.15, 0.2) is 158 Å². The van der Waals surface area contributed by atoms with E-state index in [1.807, 2.05) is 0 Å². The summed E-state index contributed by atoms with van der Waals surface area (Å²) in [5.41, 5.74) is 4.98. The van der Waals surface area contributed by atoms with E-state index in [2.05, 4.69) is 158 Å². The van der Waals surface area contributed by atoms with Crippen molar-refractivity contribution in [2.45, 2.75) is 0 Å². The van der Waals surface area contributed by atoms with Crippen molar-refractivity contribution in [3.05, 3.63) is 158 Å². The summed E-state index contributed by atoms with van der Waals surface area (Å²) < 4.78 is 0. The molecule has 0 amide bonds. The van der Waals surface area contributed by atoms with Crippen LogP contribution < -0.4 is 0 Å². The minimum Gasteiger partial charge on any atom is -0.0616 e. The lowest BCUT2D eigenvalue weighted by molar-refractivity contribution is 1.62. The van der Waals surface area contributed by atoms with Gasteiger partial charge in [0.2, 0.25) is 0 Å². The molecular formula is C42H26. The van der Waals surface area contributed by atoms with Crippen LogP contribution in [0.3, 0.4) is 0 Å². The molecule has 0 spiro atoms. The zero-order chi connectivity index (χ0) is 27.6. The van der Waals surface area contributed by atoms with Gasteiger partial charge in [-0.1, -0.05) is 152 Å². The third-order valence-electron chi connectivity index (χ3n) is 9.03. The molecule has 0 aliphatic carbocycles. The Morgan fingerprint density at radius 3 is 1.29 bits per heavy atom. The van der Waals surface area contributed by atoms with Gasteiger partial charge in [-0.15, -0.1) is 0 Å². The third-order valence-corrected chi connectivity index (χ3v) is 9.03. The van der Waals surface area contributed by atoms with Crippen molar-refractivity contribution in [2.75, 3.05) is 0 Å². The van der Waals surface area contributed by atoms with Crippen LogP contribution in [0.25, 0.3) is 86.9 Å². The first kappa shape index (κ1) is 23.3. The van der Waals surface area contributed by atoms with E-state index in [0.717, 1.165) is 0 Å². The van der Waals surface area contributed by atoms with Crippen molar-refractivity contribution in [3.63, 3.8) is 0 Å². The van der Waals surface area contributed by atoms with Gasteiger partial charge in [-0.3, -0.25) is 0 Å². The molecule has 0 saturated carbocycles. The predicted octanol–water partition coefficient (Wildman–Crippen LogP) is 11.9. The molecule has 42 heavy (non-hydrogen) atoms. The molecule has 0 bridgehead atoms. The standard InChI is InChI=1S/C42H26/c1-2-12-31-28(10-1)11-9-19-32(31)29-22-20-27(21-23-29)30-24-25-39-40(26-30)35-15-5-8-18-38(35)41-36-16-6-3-13-33(36)34-14-4-7-17-37(34)42(39)41/h1-26H. The molecule has 9 rings (SSSR count). The predicted molar refractivity (Wildman–Crippen MR) is 182 cm³/mol. The van der Waals surface area contributed by atoms with Crippen LogP contribution in [-0.4, -0.2) is 0 Å². The molecule has 0 nitrogen and oxygen atoms in total. The fraction of sp³-hybridized carbons (Fsp3) is 0. The topological polar surface area (TPSA) is 0 Å². The maximum atomic E-state index is 2.40. The van der Waals surface area contributed by atoms with E-state index < -0.39 is 0 Å². The van der Waals surface area contributed by atoms with Crippen LogP contribution in [-0.2, 0) is 0 Å². The first-order chi connectivity index (χ1) is 20.8. The van der Waals surface area contributed by atoms with Crippen molar-refractivity contribution in [1.29, 1.82) is 0 Å². The normalized spacial score (nSPS) is 11.8. The Bertz CT molecular complexity index is 2490. The number of fused-ring (bicyclic) bond motifs is 12. The summed E-state index contributed by atoms with van der Waals surface area (Å²) in [6.45, 7) is 0. The van der Waals surface area contributed by atoms with E-state index in [-0.39, 0.29) is 0 Å². The quantitative estimate of drug-likeness (QED) is 0.195. The maximum Gasteiger partial charge on any atom is -0.00139 e. The Labute approximate surface area is 244 Å². The molecule has 0 fully saturated rings. The van der Waals surface area contributed by atoms with Gasteiger partial charge in [-0.2, -0.15) is 0 Å². The Kier molecular flexibility index (Phi) is 5.00. The summed E-state index contributed by atoms with van der Waals surface area (Å²) in [4.78, 5) is 0. The van der Waals surface area contributed by atoms with E-state index in [9.17, 15) is 0 Å². The molecule has 0 aliphatic heterocycles. The Morgan fingerprint density at radius 2 is 0.667 bits per heavy atom. The van der Waals surface area contributed by atoms with Gasteiger partial charge in [0.15, 0.2) is 0 Å². The molecule has 9 aromatic rings. The minimum atomic E-state index is 1.23. The molecule has 0 heterocycles. The number of rotatable bonds is 2. The number of hydrogen-bond donors (Lipinski definition) is 0. The van der Waals surface area contributed by atoms with E-state index in [1.54, 1.807) is 0 Å². The average Bonchev–Trinajstić information content (AvgIpc) is 3.07. The molecule has 0 atom stereocenters. The van der Waals surface area contributed by atoms with E-state index in [0.29, 0.717) is 0 Å². The minimum absolute atomic E-state index is 1.23. The number of benzene rings is 9. The average molecular weight is 531 g/mol. The van der Waals surface area contributed by atoms with E-state index in [1.165, 1.54) is 86.9 Å². The molecule has 0 N–H and O–H groups in total. The van der Waals surface area contributed by atoms with Gasteiger partial charge in [0, 0.05) is 0 Å². The van der Waals surface area contributed by atoms with Gasteiger partial charge in [-0.25, -0.2) is 0 Å². The summed E-state index contributed by atoms with van der Waals surface area (Å²) in [6, 6.07) is 58.0. The highest BCUT2D eigenvalue weighted by Gasteiger charge is 2.16. The lowest BCUT2D eigenvalue weighted by atomic mass is 9.86. The largest absolute Gasteiger partial charge is 0.0616 e. The van der Waals surface area contributed by atoms with Crippen LogP contribution >= 0.6 is 0 Å². The van der Waals surface area contributed by atoms with Crippen molar-refractivity contribution < 1.29 is 0 Å². The molecule has 194 valence electrons. The van der Waals surface area contributed by atoms with Crippen LogP contribution in [0.1, 0.15) is 0 Å². The third kappa shape index (κ3) is 3.36. The lowest BCUT2D eigenvalue weighted by Gasteiger charge is -2.17. The smallest absolute Gasteiger partial charge is 0.00139 e. The van der Waals surface area contributed by atoms with Crippen molar-refractivity contribution in [2.24, 2.45) is 0 Å². The molecule has 9 aromatic carbocycles. The van der Waals surface area contributed by atoms with E-state index >= 15 is 0 Å². The first-order valence-corrected chi connectivity index (χ1v) is 14.6. The lowest BCUT2D eigenvalue weighted by Crippen LogP contribution is -1.89. The Balaban J connectivity index is 1.30. The molecule has 0 aromatic heterocycles. The summed E-state index contributed by atoms with van der Waals surface area (Å²) >= 11 is 0. The molecule has 0 saturated heterocycles. The van der Waals surface area contributed by atoms with Crippen molar-refractivity contribution in [3.8, 4) is 22.3 Å². The van der Waals surface area contributed by atoms with Gasteiger partial charge in [0.25, 0.3) is 0 Å². The van der Waals surface area contributed by atoms with Crippen molar-refractivity contribution in [1.82, 2.24) is 0 Å². The summed E-state index contributed by atoms with van der Waals surface area (Å²) in [6.07, 6.45) is 0. The van der Waals surface area contributed by atoms with Gasteiger partial charge >= 0.3 is 0 Å². The van der Waals surface area contributed by atoms with Crippen LogP contribution in [0.2, 0.25) is 0 Å². The molecular weight excluding hydrogens is 504 g/mol. The second-order valence-corrected chi connectivity index (χ2v) is 11.3. The van der Waals surface area contributed by atoms with Crippen LogP contribution in [0.4, 0.5) is 0 Å². The fourth-order valence-corrected chi connectivity index (χ4v) is 7.12. The van der Waals surface area contributed by atoms with Crippen LogP contribution in [0, 0.1) is 0 Å². The summed E-state index contributed by atoms with van der Waals surface area (Å²) in [5.74, 6) is 0. The van der Waals surface area contributed by atoms with Crippen molar-refractivity contribution >= 4 is 64.6 Å². The summed E-state index contributed by atoms with van der Waals surface area (Å²) in [7, 11) is 0. The second-order valence-electron chi connectivity index (χ2n) is 11.3. The highest BCUT2D eigenvalue weighted by atomic mass is 14.2. The fourth-order valence-electron chi connectivity index (χ4n) is 7.12. The molecule has 0 radical (unpaired) electrons. The Hall–Kier alpha value is -5.46. The highest BCUT2D eigenvalue weighted by molar-refractivity contribution is 6.39. The monoisotopic (exact) mass is 530 g/mol. The zero-order valence-electron chi connectivity index (χ0n) is 23.0. The van der Waals surface area contributed by atoms with Gasteiger partial charge in [0.1, 0.15) is 0 Å². The summed E-state index contributed by atoms with van der Waals surface area (Å²) in [5, 5.41) is 15.7. The molecule has 0 aliphatic rings. The zero-order valence-corrected chi connectivity index (χ0v) is 23.0. The SMILES string of the molecule is c1ccc2c(-c3ccc(-c4ccc5c(c4)c4ccccc4c4c6ccccc6c6ccccc6c54)cc3)cccc2c1. The highest BCUT2D eigenvalue weighted by Crippen LogP contribution is 2.44. The first-order valence-electron chi connectivity index (χ1n) is 14.6. The van der Waals surface area contributed by atoms with E-state index in [4.69, 9.17) is 0 Å².